The van der Waals surface area contributed by atoms with Crippen molar-refractivity contribution in [3.05, 3.63) is 105 Å². The van der Waals surface area contributed by atoms with Crippen LogP contribution in [0.1, 0.15) is 33.1 Å². The van der Waals surface area contributed by atoms with E-state index in [1.807, 2.05) is 61.7 Å². The number of hydrogen-bond donors (Lipinski definition) is 2. The van der Waals surface area contributed by atoms with E-state index in [1.165, 1.54) is 0 Å². The van der Waals surface area contributed by atoms with Crippen LogP contribution in [0.3, 0.4) is 0 Å². The van der Waals surface area contributed by atoms with E-state index in [0.29, 0.717) is 10.6 Å². The van der Waals surface area contributed by atoms with Crippen LogP contribution in [0.5, 0.6) is 0 Å². The number of nitrogens with zero attached hydrogens (tertiary/aromatic N) is 1. The fraction of sp³-hybridized carbons (Fsp3) is 0.125. The van der Waals surface area contributed by atoms with E-state index in [1.54, 1.807) is 28.9 Å². The molecule has 2 N–H and O–H groups in total. The van der Waals surface area contributed by atoms with Gasteiger partial charge in [0.25, 0.3) is 5.91 Å². The molecule has 3 aromatic carbocycles. The third-order valence-corrected chi connectivity index (χ3v) is 5.85. The largest absolute Gasteiger partial charge is 0.334 e. The molecular weight excluding hydrogens is 478 g/mol. The van der Waals surface area contributed by atoms with E-state index in [0.717, 1.165) is 21.2 Å². The minimum atomic E-state index is -0.777. The number of hydrazine groups is 1. The summed E-state index contributed by atoms with van der Waals surface area (Å²) in [6, 6.07) is 21.1. The molecule has 1 heterocycles. The molecule has 2 atom stereocenters. The van der Waals surface area contributed by atoms with E-state index in [-0.39, 0.29) is 11.8 Å². The van der Waals surface area contributed by atoms with Crippen LogP contribution >= 0.6 is 27.5 Å². The van der Waals surface area contributed by atoms with Crippen molar-refractivity contribution >= 4 is 45.6 Å². The summed E-state index contributed by atoms with van der Waals surface area (Å²) in [6.45, 7) is 1.92. The van der Waals surface area contributed by atoms with Crippen LogP contribution in [-0.2, 0) is 4.79 Å². The van der Waals surface area contributed by atoms with E-state index in [4.69, 9.17) is 11.6 Å². The predicted octanol–water partition coefficient (Wildman–Crippen LogP) is 4.43. The minimum Gasteiger partial charge on any atom is -0.334 e. The van der Waals surface area contributed by atoms with Crippen LogP contribution in [0, 0.1) is 6.92 Å². The van der Waals surface area contributed by atoms with Gasteiger partial charge in [-0.15, -0.1) is 10.1 Å². The molecule has 0 bridgehead atoms. The number of rotatable bonds is 4. The number of hydrogen-bond acceptors (Lipinski definition) is 2. The summed E-state index contributed by atoms with van der Waals surface area (Å²) in [4.78, 5) is 25.8. The van der Waals surface area contributed by atoms with Crippen molar-refractivity contribution in [2.45, 2.75) is 19.0 Å². The lowest BCUT2D eigenvalue weighted by molar-refractivity contribution is -0.596. The Balaban J connectivity index is 1.70. The Morgan fingerprint density at radius 2 is 1.81 bits per heavy atom. The van der Waals surface area contributed by atoms with Gasteiger partial charge < -0.3 is 5.32 Å². The first-order valence-corrected chi connectivity index (χ1v) is 10.9. The minimum absolute atomic E-state index is 0.283. The van der Waals surface area contributed by atoms with E-state index in [9.17, 15) is 9.59 Å². The number of hydrazone groups is 1. The number of aryl methyl sites for hydroxylation is 1. The fourth-order valence-electron chi connectivity index (χ4n) is 3.56. The Morgan fingerprint density at radius 3 is 2.48 bits per heavy atom. The van der Waals surface area contributed by atoms with Crippen LogP contribution < -0.4 is 10.7 Å². The molecule has 0 aromatic heterocycles. The van der Waals surface area contributed by atoms with Gasteiger partial charge in [-0.25, -0.2) is 0 Å². The molecule has 156 valence electrons. The highest BCUT2D eigenvalue weighted by molar-refractivity contribution is 9.10. The zero-order valence-electron chi connectivity index (χ0n) is 16.7. The van der Waals surface area contributed by atoms with Gasteiger partial charge in [0.05, 0.1) is 0 Å². The molecule has 5 nitrogen and oxygen atoms in total. The van der Waals surface area contributed by atoms with Crippen molar-refractivity contribution in [1.29, 1.82) is 0 Å². The van der Waals surface area contributed by atoms with Gasteiger partial charge >= 0.3 is 5.91 Å². The average Bonchev–Trinajstić information content (AvgIpc) is 3.05. The Morgan fingerprint density at radius 1 is 1.10 bits per heavy atom. The topological polar surface area (TPSA) is 61.2 Å². The van der Waals surface area contributed by atoms with Gasteiger partial charge in [-0.05, 0) is 55.5 Å². The first-order valence-electron chi connectivity index (χ1n) is 9.73. The lowest BCUT2D eigenvalue weighted by Crippen LogP contribution is -2.42. The molecular formula is C24H20BrClN3O2+. The smallest absolute Gasteiger partial charge is 0.304 e. The number of carbonyl (C=O) groups excluding carboxylic acids is 2. The van der Waals surface area contributed by atoms with Crippen molar-refractivity contribution in [3.63, 3.8) is 0 Å². The molecule has 0 radical (unpaired) electrons. The van der Waals surface area contributed by atoms with Gasteiger partial charge in [0, 0.05) is 26.2 Å². The molecule has 0 unspecified atom stereocenters. The second-order valence-electron chi connectivity index (χ2n) is 7.38. The van der Waals surface area contributed by atoms with Gasteiger partial charge in [-0.1, -0.05) is 57.4 Å². The molecule has 3 aromatic rings. The highest BCUT2D eigenvalue weighted by atomic mass is 79.9. The highest BCUT2D eigenvalue weighted by Crippen LogP contribution is 2.27. The molecule has 1 saturated heterocycles. The molecule has 0 spiro atoms. The maximum atomic E-state index is 12.9. The van der Waals surface area contributed by atoms with Crippen LogP contribution in [0.4, 0.5) is 0 Å². The van der Waals surface area contributed by atoms with E-state index in [2.05, 4.69) is 26.7 Å². The molecule has 0 saturated carbocycles. The molecule has 1 aliphatic heterocycles. The van der Waals surface area contributed by atoms with Crippen LogP contribution in [-0.4, -0.2) is 28.8 Å². The van der Waals surface area contributed by atoms with Gasteiger partial charge in [0.2, 0.25) is 12.3 Å². The van der Waals surface area contributed by atoms with Crippen LogP contribution in [0.15, 0.2) is 77.3 Å². The summed E-state index contributed by atoms with van der Waals surface area (Å²) in [7, 11) is 0. The third kappa shape index (κ3) is 4.86. The van der Waals surface area contributed by atoms with Gasteiger partial charge in [-0.2, -0.15) is 0 Å². The summed E-state index contributed by atoms with van der Waals surface area (Å²) in [6.07, 6.45) is 1.85. The van der Waals surface area contributed by atoms with Crippen molar-refractivity contribution in [3.8, 4) is 0 Å². The summed E-state index contributed by atoms with van der Waals surface area (Å²) in [5.74, 6) is -0.581. The summed E-state index contributed by atoms with van der Waals surface area (Å²) in [5.41, 5.74) is 6.13. The van der Waals surface area contributed by atoms with E-state index >= 15 is 0 Å². The second-order valence-corrected chi connectivity index (χ2v) is 8.73. The normalized spacial score (nSPS) is 19.3. The second kappa shape index (κ2) is 9.04. The average molecular weight is 498 g/mol. The standard InChI is InChI=1S/C24H19BrClN3O2/c1-15-3-2-4-18(13-15)23(30)27-21-22(17-7-11-20(26)12-8-17)29(28-24(21)31)14-16-5-9-19(25)10-6-16/h2-14,21-22H,1H3,(H-,27,28,30,31)/p+1/b29-14-/t21-,22-/m0/s1. The van der Waals surface area contributed by atoms with Gasteiger partial charge in [0.15, 0.2) is 6.04 Å². The van der Waals surface area contributed by atoms with Gasteiger partial charge in [-0.3, -0.25) is 9.59 Å². The lowest BCUT2D eigenvalue weighted by Gasteiger charge is -2.15. The summed E-state index contributed by atoms with van der Waals surface area (Å²) >= 11 is 9.50. The highest BCUT2D eigenvalue weighted by Gasteiger charge is 2.47. The fourth-order valence-corrected chi connectivity index (χ4v) is 3.95. The lowest BCUT2D eigenvalue weighted by atomic mass is 9.99. The molecule has 4 rings (SSSR count). The van der Waals surface area contributed by atoms with Crippen LogP contribution in [0.25, 0.3) is 0 Å². The predicted molar refractivity (Wildman–Crippen MR) is 124 cm³/mol. The van der Waals surface area contributed by atoms with Crippen LogP contribution in [0.2, 0.25) is 5.02 Å². The molecule has 1 fully saturated rings. The van der Waals surface area contributed by atoms with Crippen molar-refractivity contribution in [1.82, 2.24) is 10.7 Å². The maximum absolute atomic E-state index is 12.9. The zero-order valence-corrected chi connectivity index (χ0v) is 19.0. The molecule has 0 aliphatic carbocycles. The molecule has 1 aliphatic rings. The number of halogens is 2. The monoisotopic (exact) mass is 496 g/mol. The summed E-state index contributed by atoms with van der Waals surface area (Å²) < 4.78 is 2.70. The third-order valence-electron chi connectivity index (χ3n) is 5.07. The Kier molecular flexibility index (Phi) is 6.20. The van der Waals surface area contributed by atoms with Crippen molar-refractivity contribution in [2.75, 3.05) is 0 Å². The van der Waals surface area contributed by atoms with Crippen molar-refractivity contribution < 1.29 is 14.3 Å². The molecule has 7 heteroatoms. The SMILES string of the molecule is Cc1cccc(C(=O)N[C@@H]2C(=O)N/[N+](=C\c3ccc(Br)cc3)[C@H]2c2ccc(Cl)cc2)c1. The Bertz CT molecular complexity index is 1160. The number of carbonyl (C=O) groups is 2. The maximum Gasteiger partial charge on any atom is 0.304 e. The first kappa shape index (κ1) is 21.3. The number of benzene rings is 3. The van der Waals surface area contributed by atoms with Gasteiger partial charge in [0.1, 0.15) is 0 Å². The first-order chi connectivity index (χ1) is 14.9. The quantitative estimate of drug-likeness (QED) is 0.524. The zero-order chi connectivity index (χ0) is 22.0. The number of nitrogens with one attached hydrogen (secondary N) is 2. The molecule has 2 amide bonds. The molecule has 31 heavy (non-hydrogen) atoms. The van der Waals surface area contributed by atoms with Crippen molar-refractivity contribution in [2.24, 2.45) is 0 Å². The Hall–Kier alpha value is -2.96. The summed E-state index contributed by atoms with van der Waals surface area (Å²) in [5, 5.41) is 3.51. The number of amides is 2. The Labute approximate surface area is 193 Å². The van der Waals surface area contributed by atoms with E-state index < -0.39 is 12.1 Å².